The van der Waals surface area contributed by atoms with Gasteiger partial charge in [0, 0.05) is 13.5 Å². The van der Waals surface area contributed by atoms with Crippen LogP contribution in [-0.4, -0.2) is 24.4 Å². The fourth-order valence-corrected chi connectivity index (χ4v) is 1.67. The second kappa shape index (κ2) is 10.2. The highest BCUT2D eigenvalue weighted by Crippen LogP contribution is 2.13. The molecule has 0 fully saturated rings. The van der Waals surface area contributed by atoms with Gasteiger partial charge in [-0.25, -0.2) is 0 Å². The van der Waals surface area contributed by atoms with E-state index in [-0.39, 0.29) is 6.10 Å². The van der Waals surface area contributed by atoms with E-state index in [1.165, 1.54) is 32.1 Å². The minimum Gasteiger partial charge on any atom is -0.389 e. The monoisotopic (exact) mass is 214 g/mol. The molecule has 0 rings (SSSR count). The average molecular weight is 214 g/mol. The van der Waals surface area contributed by atoms with Crippen molar-refractivity contribution in [2.24, 2.45) is 0 Å². The molecule has 0 aliphatic carbocycles. The normalized spacial score (nSPS) is 14.9. The van der Waals surface area contributed by atoms with Gasteiger partial charge in [0.15, 0.2) is 0 Å². The number of ether oxygens (including phenoxy) is 1. The van der Waals surface area contributed by atoms with Gasteiger partial charge in [0.1, 0.15) is 0 Å². The molecule has 0 saturated heterocycles. The highest BCUT2D eigenvalue weighted by Gasteiger charge is 2.10. The predicted octanol–water partition coefficient (Wildman–Crippen LogP) is 3.30. The molecule has 0 amide bonds. The van der Waals surface area contributed by atoms with Crippen LogP contribution in [0.2, 0.25) is 0 Å². The lowest BCUT2D eigenvalue weighted by Gasteiger charge is -2.16. The highest BCUT2D eigenvalue weighted by molar-refractivity contribution is 4.80. The van der Waals surface area contributed by atoms with Crippen molar-refractivity contribution in [3.05, 3.63) is 12.7 Å². The zero-order valence-electron chi connectivity index (χ0n) is 10.2. The molecule has 0 aliphatic heterocycles. The van der Waals surface area contributed by atoms with E-state index in [4.69, 9.17) is 4.74 Å². The van der Waals surface area contributed by atoms with Crippen LogP contribution in [0.25, 0.3) is 0 Å². The minimum atomic E-state index is -0.425. The Morgan fingerprint density at radius 1 is 1.27 bits per heavy atom. The van der Waals surface area contributed by atoms with E-state index in [1.54, 1.807) is 13.2 Å². The van der Waals surface area contributed by atoms with E-state index in [9.17, 15) is 5.11 Å². The van der Waals surface area contributed by atoms with Crippen LogP contribution in [0.4, 0.5) is 0 Å². The number of methoxy groups -OCH3 is 1. The maximum atomic E-state index is 9.40. The summed E-state index contributed by atoms with van der Waals surface area (Å²) in [5, 5.41) is 9.40. The number of unbranched alkanes of at least 4 members (excludes halogenated alkanes) is 4. The Labute approximate surface area is 94.3 Å². The summed E-state index contributed by atoms with van der Waals surface area (Å²) < 4.78 is 5.32. The van der Waals surface area contributed by atoms with Gasteiger partial charge in [-0.2, -0.15) is 0 Å². The van der Waals surface area contributed by atoms with Crippen molar-refractivity contribution in [1.29, 1.82) is 0 Å². The first-order valence-electron chi connectivity index (χ1n) is 6.08. The van der Waals surface area contributed by atoms with Gasteiger partial charge in [-0.15, -0.1) is 6.58 Å². The summed E-state index contributed by atoms with van der Waals surface area (Å²) in [6.45, 7) is 5.78. The molecule has 0 bridgehead atoms. The molecule has 0 radical (unpaired) electrons. The van der Waals surface area contributed by atoms with Crippen LogP contribution in [-0.2, 0) is 4.74 Å². The lowest BCUT2D eigenvalue weighted by Crippen LogP contribution is -2.18. The van der Waals surface area contributed by atoms with Crippen LogP contribution in [0.3, 0.4) is 0 Å². The van der Waals surface area contributed by atoms with Gasteiger partial charge in [0.2, 0.25) is 0 Å². The Hall–Kier alpha value is -0.340. The Balaban J connectivity index is 3.48. The average Bonchev–Trinajstić information content (AvgIpc) is 2.26. The molecule has 0 aromatic carbocycles. The molecular weight excluding hydrogens is 188 g/mol. The van der Waals surface area contributed by atoms with E-state index >= 15 is 0 Å². The van der Waals surface area contributed by atoms with Crippen molar-refractivity contribution in [3.8, 4) is 0 Å². The summed E-state index contributed by atoms with van der Waals surface area (Å²) in [7, 11) is 1.71. The summed E-state index contributed by atoms with van der Waals surface area (Å²) in [5.74, 6) is 0. The first kappa shape index (κ1) is 14.7. The second-order valence-corrected chi connectivity index (χ2v) is 4.10. The van der Waals surface area contributed by atoms with Gasteiger partial charge in [0.25, 0.3) is 0 Å². The van der Waals surface area contributed by atoms with E-state index in [1.807, 2.05) is 0 Å². The molecule has 1 unspecified atom stereocenters. The molecule has 2 nitrogen and oxygen atoms in total. The quantitative estimate of drug-likeness (QED) is 0.446. The standard InChI is InChI=1S/C13H26O2/c1-4-6-7-8-9-10-13(15-3)11-12(14)5-2/h5,12-14H,2,4,6-11H2,1,3H3/t12?,13-/m0/s1. The largest absolute Gasteiger partial charge is 0.389 e. The first-order valence-corrected chi connectivity index (χ1v) is 6.08. The topological polar surface area (TPSA) is 29.5 Å². The number of aliphatic hydroxyl groups excluding tert-OH is 1. The number of rotatable bonds is 10. The van der Waals surface area contributed by atoms with Gasteiger partial charge >= 0.3 is 0 Å². The summed E-state index contributed by atoms with van der Waals surface area (Å²) in [4.78, 5) is 0. The van der Waals surface area contributed by atoms with E-state index in [2.05, 4.69) is 13.5 Å². The molecular formula is C13H26O2. The van der Waals surface area contributed by atoms with Gasteiger partial charge in [-0.05, 0) is 6.42 Å². The van der Waals surface area contributed by atoms with Crippen LogP contribution < -0.4 is 0 Å². The summed E-state index contributed by atoms with van der Waals surface area (Å²) in [6, 6.07) is 0. The van der Waals surface area contributed by atoms with Crippen molar-refractivity contribution in [1.82, 2.24) is 0 Å². The molecule has 0 saturated carbocycles. The molecule has 2 heteroatoms. The van der Waals surface area contributed by atoms with Crippen molar-refractivity contribution in [3.63, 3.8) is 0 Å². The van der Waals surface area contributed by atoms with Crippen LogP contribution in [0.1, 0.15) is 51.9 Å². The van der Waals surface area contributed by atoms with E-state index in [0.29, 0.717) is 6.42 Å². The van der Waals surface area contributed by atoms with Crippen molar-refractivity contribution < 1.29 is 9.84 Å². The third-order valence-electron chi connectivity index (χ3n) is 2.74. The van der Waals surface area contributed by atoms with Crippen molar-refractivity contribution in [2.45, 2.75) is 64.1 Å². The third kappa shape index (κ3) is 8.64. The fraction of sp³-hybridized carbons (Fsp3) is 0.846. The van der Waals surface area contributed by atoms with Crippen molar-refractivity contribution >= 4 is 0 Å². The van der Waals surface area contributed by atoms with E-state index in [0.717, 1.165) is 6.42 Å². The Morgan fingerprint density at radius 2 is 1.93 bits per heavy atom. The molecule has 0 aromatic heterocycles. The summed E-state index contributed by atoms with van der Waals surface area (Å²) in [6.07, 6.45) is 9.44. The summed E-state index contributed by atoms with van der Waals surface area (Å²) in [5.41, 5.74) is 0. The van der Waals surface area contributed by atoms with Gasteiger partial charge in [0.05, 0.1) is 12.2 Å². The van der Waals surface area contributed by atoms with Crippen molar-refractivity contribution in [2.75, 3.05) is 7.11 Å². The molecule has 15 heavy (non-hydrogen) atoms. The molecule has 0 aliphatic rings. The Morgan fingerprint density at radius 3 is 2.47 bits per heavy atom. The van der Waals surface area contributed by atoms with E-state index < -0.39 is 6.10 Å². The van der Waals surface area contributed by atoms with Crippen LogP contribution in [0.5, 0.6) is 0 Å². The number of hydrogen-bond acceptors (Lipinski definition) is 2. The molecule has 90 valence electrons. The Bertz CT molecular complexity index is 145. The Kier molecular flexibility index (Phi) is 9.96. The SMILES string of the molecule is C=CC(O)C[C@H](CCCCCCC)OC. The lowest BCUT2D eigenvalue weighted by molar-refractivity contribution is 0.0527. The smallest absolute Gasteiger partial charge is 0.0743 e. The van der Waals surface area contributed by atoms with Gasteiger partial charge in [-0.1, -0.05) is 45.1 Å². The molecule has 0 spiro atoms. The maximum Gasteiger partial charge on any atom is 0.0743 e. The molecule has 2 atom stereocenters. The zero-order valence-corrected chi connectivity index (χ0v) is 10.2. The van der Waals surface area contributed by atoms with Gasteiger partial charge < -0.3 is 9.84 Å². The number of hydrogen-bond donors (Lipinski definition) is 1. The predicted molar refractivity (Wildman–Crippen MR) is 65.0 cm³/mol. The van der Waals surface area contributed by atoms with Crippen LogP contribution in [0.15, 0.2) is 12.7 Å². The second-order valence-electron chi connectivity index (χ2n) is 4.10. The molecule has 1 N–H and O–H groups in total. The lowest BCUT2D eigenvalue weighted by atomic mass is 10.0. The fourth-order valence-electron chi connectivity index (χ4n) is 1.67. The molecule has 0 aromatic rings. The third-order valence-corrected chi connectivity index (χ3v) is 2.74. The number of aliphatic hydroxyl groups is 1. The highest BCUT2D eigenvalue weighted by atomic mass is 16.5. The van der Waals surface area contributed by atoms with Gasteiger partial charge in [-0.3, -0.25) is 0 Å². The zero-order chi connectivity index (χ0) is 11.5. The van der Waals surface area contributed by atoms with Crippen LogP contribution in [0, 0.1) is 0 Å². The van der Waals surface area contributed by atoms with Crippen LogP contribution >= 0.6 is 0 Å². The maximum absolute atomic E-state index is 9.40. The summed E-state index contributed by atoms with van der Waals surface area (Å²) >= 11 is 0. The minimum absolute atomic E-state index is 0.180. The molecule has 0 heterocycles. The first-order chi connectivity index (χ1) is 7.24.